The summed E-state index contributed by atoms with van der Waals surface area (Å²) in [4.78, 5) is 27.3. The van der Waals surface area contributed by atoms with E-state index in [1.54, 1.807) is 5.38 Å². The first-order valence-electron chi connectivity index (χ1n) is 10.4. The van der Waals surface area contributed by atoms with Gasteiger partial charge in [-0.15, -0.1) is 11.3 Å². The number of nitrogens with zero attached hydrogens (tertiary/aromatic N) is 1. The average molecular weight is 440 g/mol. The van der Waals surface area contributed by atoms with Gasteiger partial charge < -0.3 is 10.2 Å². The Kier molecular flexibility index (Phi) is 9.37. The molecule has 0 aromatic carbocycles. The van der Waals surface area contributed by atoms with Crippen LogP contribution in [0.5, 0.6) is 0 Å². The number of Topliss-reactive ketones (excluding diaryl/α,β-unsaturated/α-hetero) is 1. The van der Waals surface area contributed by atoms with Gasteiger partial charge in [0.2, 0.25) is 0 Å². The van der Waals surface area contributed by atoms with E-state index in [0.717, 1.165) is 42.2 Å². The van der Waals surface area contributed by atoms with Crippen LogP contribution in [0.15, 0.2) is 21.9 Å². The quantitative estimate of drug-likeness (QED) is 0.333. The van der Waals surface area contributed by atoms with Crippen molar-refractivity contribution in [2.75, 3.05) is 5.75 Å². The van der Waals surface area contributed by atoms with Gasteiger partial charge in [-0.1, -0.05) is 44.2 Å². The average Bonchev–Trinajstić information content (AvgIpc) is 3.28. The first kappa shape index (κ1) is 24.1. The number of thioether (sulfide) groups is 1. The van der Waals surface area contributed by atoms with E-state index in [1.807, 2.05) is 6.92 Å². The summed E-state index contributed by atoms with van der Waals surface area (Å²) >= 11 is 2.85. The summed E-state index contributed by atoms with van der Waals surface area (Å²) in [7, 11) is 0. The Hall–Kier alpha value is -1.18. The Morgan fingerprint density at radius 1 is 1.52 bits per heavy atom. The molecular formula is C22H33NO4S2. The SMILES string of the molecule is CC[C@H](C)CC[C@](C)(O)C/C=C/[C@H]1CCC(=O)[C@@H]1CCSc1nc(C(=O)O)cs1. The lowest BCUT2D eigenvalue weighted by Gasteiger charge is -2.23. The van der Waals surface area contributed by atoms with Crippen molar-refractivity contribution in [2.24, 2.45) is 17.8 Å². The number of aromatic carboxylic acids is 1. The zero-order valence-electron chi connectivity index (χ0n) is 17.6. The third-order valence-corrected chi connectivity index (χ3v) is 7.88. The molecule has 1 aromatic rings. The number of thiazole rings is 1. The first-order valence-corrected chi connectivity index (χ1v) is 12.3. The number of carboxylic acids is 1. The van der Waals surface area contributed by atoms with Crippen LogP contribution in [0.4, 0.5) is 0 Å². The predicted molar refractivity (Wildman–Crippen MR) is 119 cm³/mol. The smallest absolute Gasteiger partial charge is 0.355 e. The van der Waals surface area contributed by atoms with Crippen LogP contribution >= 0.6 is 23.1 Å². The van der Waals surface area contributed by atoms with E-state index < -0.39 is 11.6 Å². The number of aromatic nitrogens is 1. The van der Waals surface area contributed by atoms with Gasteiger partial charge in [0.25, 0.3) is 0 Å². The molecule has 0 amide bonds. The van der Waals surface area contributed by atoms with Crippen LogP contribution < -0.4 is 0 Å². The highest BCUT2D eigenvalue weighted by atomic mass is 32.2. The summed E-state index contributed by atoms with van der Waals surface area (Å²) in [5, 5.41) is 21.1. The third kappa shape index (κ3) is 7.87. The van der Waals surface area contributed by atoms with Crippen LogP contribution in [0.2, 0.25) is 0 Å². The second kappa shape index (κ2) is 11.3. The van der Waals surface area contributed by atoms with Crippen LogP contribution in [0.25, 0.3) is 0 Å². The summed E-state index contributed by atoms with van der Waals surface area (Å²) in [6, 6.07) is 0. The van der Waals surface area contributed by atoms with E-state index in [4.69, 9.17) is 5.11 Å². The molecule has 1 aliphatic carbocycles. The molecule has 0 unspecified atom stereocenters. The van der Waals surface area contributed by atoms with Gasteiger partial charge in [-0.2, -0.15) is 0 Å². The van der Waals surface area contributed by atoms with Crippen molar-refractivity contribution in [2.45, 2.75) is 75.7 Å². The summed E-state index contributed by atoms with van der Waals surface area (Å²) in [6.45, 7) is 6.29. The van der Waals surface area contributed by atoms with Crippen molar-refractivity contribution < 1.29 is 19.8 Å². The molecule has 0 saturated heterocycles. The molecule has 2 rings (SSSR count). The first-order chi connectivity index (χ1) is 13.7. The molecule has 162 valence electrons. The van der Waals surface area contributed by atoms with E-state index in [-0.39, 0.29) is 17.5 Å². The zero-order chi connectivity index (χ0) is 21.4. The predicted octanol–water partition coefficient (Wildman–Crippen LogP) is 5.44. The lowest BCUT2D eigenvalue weighted by atomic mass is 9.88. The summed E-state index contributed by atoms with van der Waals surface area (Å²) in [5.41, 5.74) is -0.615. The molecule has 5 nitrogen and oxygen atoms in total. The molecule has 1 heterocycles. The molecule has 0 aliphatic heterocycles. The molecular weight excluding hydrogens is 406 g/mol. The van der Waals surface area contributed by atoms with Crippen molar-refractivity contribution in [3.63, 3.8) is 0 Å². The van der Waals surface area contributed by atoms with E-state index >= 15 is 0 Å². The monoisotopic (exact) mass is 439 g/mol. The highest BCUT2D eigenvalue weighted by Crippen LogP contribution is 2.35. The van der Waals surface area contributed by atoms with Gasteiger partial charge >= 0.3 is 5.97 Å². The highest BCUT2D eigenvalue weighted by Gasteiger charge is 2.32. The summed E-state index contributed by atoms with van der Waals surface area (Å²) in [6.07, 6.45) is 10.0. The normalized spacial score (nSPS) is 22.8. The molecule has 1 aromatic heterocycles. The number of rotatable bonds is 12. The van der Waals surface area contributed by atoms with Crippen molar-refractivity contribution in [3.8, 4) is 0 Å². The lowest BCUT2D eigenvalue weighted by molar-refractivity contribution is -0.121. The Balaban J connectivity index is 1.81. The van der Waals surface area contributed by atoms with Gasteiger partial charge in [-0.3, -0.25) is 4.79 Å². The molecule has 0 radical (unpaired) electrons. The van der Waals surface area contributed by atoms with E-state index in [2.05, 4.69) is 31.0 Å². The van der Waals surface area contributed by atoms with Crippen molar-refractivity contribution >= 4 is 34.9 Å². The van der Waals surface area contributed by atoms with Gasteiger partial charge in [-0.05, 0) is 50.9 Å². The van der Waals surface area contributed by atoms with Gasteiger partial charge in [0.1, 0.15) is 5.78 Å². The fraction of sp³-hybridized carbons (Fsp3) is 0.682. The van der Waals surface area contributed by atoms with Crippen LogP contribution in [-0.4, -0.2) is 38.3 Å². The maximum Gasteiger partial charge on any atom is 0.355 e. The fourth-order valence-electron chi connectivity index (χ4n) is 3.59. The van der Waals surface area contributed by atoms with E-state index in [0.29, 0.717) is 24.5 Å². The Morgan fingerprint density at radius 2 is 2.28 bits per heavy atom. The molecule has 7 heteroatoms. The number of ketones is 1. The number of aliphatic hydroxyl groups is 1. The van der Waals surface area contributed by atoms with Crippen molar-refractivity contribution in [1.82, 2.24) is 4.98 Å². The molecule has 0 spiro atoms. The van der Waals surface area contributed by atoms with Crippen LogP contribution in [0.1, 0.15) is 76.2 Å². The molecule has 4 atom stereocenters. The second-order valence-corrected chi connectivity index (χ2v) is 10.6. The maximum atomic E-state index is 12.3. The van der Waals surface area contributed by atoms with Crippen LogP contribution in [0.3, 0.4) is 0 Å². The number of carboxylic acid groups (broad SMARTS) is 1. The Bertz CT molecular complexity index is 713. The third-order valence-electron chi connectivity index (χ3n) is 5.82. The Morgan fingerprint density at radius 3 is 2.93 bits per heavy atom. The standard InChI is InChI=1S/C22H33NO4S2/c1-4-15(2)9-12-22(3,27)11-5-6-16-7-8-19(24)17(16)10-13-28-21-23-18(14-29-21)20(25)26/h5-6,14-17,27H,4,7-13H2,1-3H3,(H,25,26)/b6-5+/t15-,16-,17+,22+/m0/s1. The van der Waals surface area contributed by atoms with Crippen molar-refractivity contribution in [1.29, 1.82) is 0 Å². The minimum Gasteiger partial charge on any atom is -0.476 e. The van der Waals surface area contributed by atoms with Gasteiger partial charge in [0.15, 0.2) is 10.0 Å². The largest absolute Gasteiger partial charge is 0.476 e. The number of carbonyl (C=O) groups excluding carboxylic acids is 1. The minimum atomic E-state index is -1.01. The Labute approximate surface area is 182 Å². The number of allylic oxidation sites excluding steroid dienone is 1. The van der Waals surface area contributed by atoms with E-state index in [9.17, 15) is 14.7 Å². The van der Waals surface area contributed by atoms with Crippen LogP contribution in [0, 0.1) is 17.8 Å². The van der Waals surface area contributed by atoms with E-state index in [1.165, 1.54) is 23.1 Å². The topological polar surface area (TPSA) is 87.5 Å². The zero-order valence-corrected chi connectivity index (χ0v) is 19.2. The molecule has 0 bridgehead atoms. The molecule has 29 heavy (non-hydrogen) atoms. The highest BCUT2D eigenvalue weighted by molar-refractivity contribution is 8.01. The maximum absolute atomic E-state index is 12.3. The molecule has 1 fully saturated rings. The van der Waals surface area contributed by atoms with Crippen molar-refractivity contribution in [3.05, 3.63) is 23.2 Å². The number of hydrogen-bond acceptors (Lipinski definition) is 6. The summed E-state index contributed by atoms with van der Waals surface area (Å²) < 4.78 is 0.734. The number of carbonyl (C=O) groups is 2. The number of hydrogen-bond donors (Lipinski definition) is 2. The lowest BCUT2D eigenvalue weighted by Crippen LogP contribution is -2.24. The van der Waals surface area contributed by atoms with Gasteiger partial charge in [0.05, 0.1) is 5.60 Å². The molecule has 1 saturated carbocycles. The fourth-order valence-corrected chi connectivity index (χ4v) is 5.49. The minimum absolute atomic E-state index is 0.0164. The summed E-state index contributed by atoms with van der Waals surface area (Å²) in [5.74, 6) is 0.935. The van der Waals surface area contributed by atoms with Gasteiger partial charge in [-0.25, -0.2) is 9.78 Å². The molecule has 2 N–H and O–H groups in total. The molecule has 1 aliphatic rings. The second-order valence-electron chi connectivity index (χ2n) is 8.40. The van der Waals surface area contributed by atoms with Gasteiger partial charge in [0, 0.05) is 23.5 Å². The van der Waals surface area contributed by atoms with Crippen LogP contribution in [-0.2, 0) is 4.79 Å².